The van der Waals surface area contributed by atoms with Crippen LogP contribution in [0.4, 0.5) is 0 Å². The van der Waals surface area contributed by atoms with Crippen molar-refractivity contribution in [2.75, 3.05) is 0 Å². The number of hydrogen-bond acceptors (Lipinski definition) is 5. The number of rotatable bonds is 9. The number of para-hydroxylation sites is 1. The minimum Gasteiger partial charge on any atom is -0.515 e. The molecule has 0 bridgehead atoms. The monoisotopic (exact) mass is 1160 g/mol. The van der Waals surface area contributed by atoms with Gasteiger partial charge in [0.25, 0.3) is 0 Å². The Balaban J connectivity index is 0.000000312. The summed E-state index contributed by atoms with van der Waals surface area (Å²) in [6.45, 7) is 17.8. The summed E-state index contributed by atoms with van der Waals surface area (Å²) in [7, 11) is 0. The maximum atomic E-state index is 6.22. The van der Waals surface area contributed by atoms with Gasteiger partial charge in [0.15, 0.2) is 0 Å². The zero-order valence-corrected chi connectivity index (χ0v) is 40.6. The minimum atomic E-state index is 0. The van der Waals surface area contributed by atoms with E-state index in [2.05, 4.69) is 130 Å². The molecule has 0 saturated carbocycles. The molecule has 0 amide bonds. The van der Waals surface area contributed by atoms with Crippen molar-refractivity contribution in [1.82, 2.24) is 19.9 Å². The van der Waals surface area contributed by atoms with Crippen molar-refractivity contribution >= 4 is 10.9 Å². The van der Waals surface area contributed by atoms with E-state index in [1.54, 1.807) is 6.07 Å². The first-order chi connectivity index (χ1) is 28.4. The SMILES string of the molecule is CC(C)(C)Cc1ccc(-c2[c-]cccc2)nc1.Cc1cc(-c2c(C(C)C)cccc2C(C)C)cc(-c2[c-]c(Oc3[c-]c(-c4ncc5ccccc5n4)[c-]cc3)ccc2)n1.[Ir].[Pt+2]. The van der Waals surface area contributed by atoms with E-state index in [1.165, 1.54) is 27.8 Å². The summed E-state index contributed by atoms with van der Waals surface area (Å²) in [6.07, 6.45) is 4.84. The summed E-state index contributed by atoms with van der Waals surface area (Å²) in [5.41, 5.74) is 13.0. The molecule has 0 N–H and O–H groups in total. The Morgan fingerprint density at radius 2 is 1.34 bits per heavy atom. The van der Waals surface area contributed by atoms with Crippen molar-refractivity contribution in [3.63, 3.8) is 0 Å². The molecule has 3 heterocycles. The van der Waals surface area contributed by atoms with Crippen LogP contribution in [0.3, 0.4) is 0 Å². The summed E-state index contributed by atoms with van der Waals surface area (Å²) in [5, 5.41) is 0.987. The molecule has 8 aromatic rings. The first-order valence-electron chi connectivity index (χ1n) is 20.3. The number of nitrogens with zero attached hydrogens (tertiary/aromatic N) is 4. The molecule has 5 aromatic carbocycles. The molecule has 313 valence electrons. The Labute approximate surface area is 390 Å². The molecule has 0 aliphatic heterocycles. The number of aryl methyl sites for hydroxylation is 1. The molecular weight excluding hydrogens is 1110 g/mol. The molecular formula is C54H50IrN4OPt-2. The van der Waals surface area contributed by atoms with Crippen LogP contribution >= 0.6 is 0 Å². The van der Waals surface area contributed by atoms with Gasteiger partial charge < -0.3 is 24.7 Å². The second-order valence-electron chi connectivity index (χ2n) is 16.7. The fraction of sp³-hybridized carbons (Fsp3) is 0.222. The van der Waals surface area contributed by atoms with Crippen LogP contribution in [-0.2, 0) is 47.6 Å². The van der Waals surface area contributed by atoms with Crippen LogP contribution in [-0.4, -0.2) is 19.9 Å². The number of ether oxygens (including phenoxy) is 1. The van der Waals surface area contributed by atoms with E-state index in [1.807, 2.05) is 92.1 Å². The number of aromatic nitrogens is 4. The van der Waals surface area contributed by atoms with E-state index in [4.69, 9.17) is 9.72 Å². The molecule has 0 fully saturated rings. The van der Waals surface area contributed by atoms with E-state index in [0.717, 1.165) is 45.5 Å². The van der Waals surface area contributed by atoms with Crippen LogP contribution in [0, 0.1) is 36.6 Å². The second kappa shape index (κ2) is 21.1. The van der Waals surface area contributed by atoms with Gasteiger partial charge in [-0.15, -0.1) is 59.7 Å². The number of fused-ring (bicyclic) bond motifs is 1. The molecule has 0 aliphatic rings. The van der Waals surface area contributed by atoms with Crippen LogP contribution in [0.2, 0.25) is 0 Å². The predicted octanol–water partition coefficient (Wildman–Crippen LogP) is 13.9. The Hall–Kier alpha value is -5.12. The zero-order valence-electron chi connectivity index (χ0n) is 35.9. The predicted molar refractivity (Wildman–Crippen MR) is 241 cm³/mol. The number of benzene rings is 5. The van der Waals surface area contributed by atoms with Gasteiger partial charge in [0.1, 0.15) is 0 Å². The van der Waals surface area contributed by atoms with Gasteiger partial charge in [-0.2, -0.15) is 6.07 Å². The molecule has 0 saturated heterocycles. The fourth-order valence-electron chi connectivity index (χ4n) is 7.14. The summed E-state index contributed by atoms with van der Waals surface area (Å²) in [4.78, 5) is 18.6. The van der Waals surface area contributed by atoms with Crippen LogP contribution in [0.25, 0.3) is 55.9 Å². The number of hydrogen-bond donors (Lipinski definition) is 0. The van der Waals surface area contributed by atoms with Gasteiger partial charge in [-0.1, -0.05) is 109 Å². The Kier molecular flexibility index (Phi) is 16.2. The van der Waals surface area contributed by atoms with Crippen LogP contribution in [0.5, 0.6) is 11.5 Å². The van der Waals surface area contributed by atoms with Crippen molar-refractivity contribution in [3.8, 4) is 56.5 Å². The third-order valence-corrected chi connectivity index (χ3v) is 9.85. The van der Waals surface area contributed by atoms with Gasteiger partial charge in [0.05, 0.1) is 5.52 Å². The standard InChI is InChI=1S/C38H32N3O.C16H18N.Ir.Pt/c1-24(2)33-16-10-17-34(25(3)4)37(33)30-19-26(5)40-36(22-30)27-12-8-14-31(20-27)42-32-15-9-13-28(21-32)38-39-23-29-11-6-7-18-35(29)41-38;1-16(2,3)11-13-9-10-15(17-12-13)14-7-5-4-6-8-14;;/h6-12,14-19,22-25H,1-5H3;4-7,9-10,12H,11H2,1-3H3;;/q-3;-1;;+2. The molecule has 3 aromatic heterocycles. The molecule has 8 rings (SSSR count). The van der Waals surface area contributed by atoms with E-state index in [9.17, 15) is 0 Å². The van der Waals surface area contributed by atoms with Crippen molar-refractivity contribution < 1.29 is 45.9 Å². The summed E-state index contributed by atoms with van der Waals surface area (Å²) in [6, 6.07) is 53.7. The van der Waals surface area contributed by atoms with Crippen LogP contribution < -0.4 is 4.74 Å². The van der Waals surface area contributed by atoms with Crippen molar-refractivity contribution in [1.29, 1.82) is 0 Å². The molecule has 7 heteroatoms. The zero-order chi connectivity index (χ0) is 41.5. The molecule has 0 spiro atoms. The molecule has 0 atom stereocenters. The van der Waals surface area contributed by atoms with Gasteiger partial charge in [-0.25, -0.2) is 17.7 Å². The quantitative estimate of drug-likeness (QED) is 0.135. The topological polar surface area (TPSA) is 60.8 Å². The summed E-state index contributed by atoms with van der Waals surface area (Å²) in [5.74, 6) is 2.48. The van der Waals surface area contributed by atoms with Gasteiger partial charge in [-0.3, -0.25) is 6.07 Å². The van der Waals surface area contributed by atoms with E-state index in [-0.39, 0.29) is 41.2 Å². The Bertz CT molecular complexity index is 2650. The largest absolute Gasteiger partial charge is 2.00 e. The smallest absolute Gasteiger partial charge is 0.515 e. The van der Waals surface area contributed by atoms with Gasteiger partial charge in [0, 0.05) is 49.3 Å². The summed E-state index contributed by atoms with van der Waals surface area (Å²) < 4.78 is 6.22. The molecule has 0 unspecified atom stereocenters. The molecule has 5 nitrogen and oxygen atoms in total. The van der Waals surface area contributed by atoms with Crippen molar-refractivity contribution in [3.05, 3.63) is 180 Å². The van der Waals surface area contributed by atoms with E-state index < -0.39 is 0 Å². The normalized spacial score (nSPS) is 11.0. The first-order valence-corrected chi connectivity index (χ1v) is 20.3. The van der Waals surface area contributed by atoms with Crippen LogP contribution in [0.15, 0.2) is 134 Å². The average molecular weight is 1160 g/mol. The Morgan fingerprint density at radius 1 is 0.639 bits per heavy atom. The van der Waals surface area contributed by atoms with Crippen molar-refractivity contribution in [2.24, 2.45) is 5.41 Å². The third kappa shape index (κ3) is 12.3. The first kappa shape index (κ1) is 46.9. The third-order valence-electron chi connectivity index (χ3n) is 9.85. The van der Waals surface area contributed by atoms with Gasteiger partial charge >= 0.3 is 21.1 Å². The second-order valence-corrected chi connectivity index (χ2v) is 16.7. The van der Waals surface area contributed by atoms with E-state index in [0.29, 0.717) is 40.1 Å². The Morgan fingerprint density at radius 3 is 2.03 bits per heavy atom. The fourth-order valence-corrected chi connectivity index (χ4v) is 7.14. The summed E-state index contributed by atoms with van der Waals surface area (Å²) >= 11 is 0. The van der Waals surface area contributed by atoms with E-state index >= 15 is 0 Å². The van der Waals surface area contributed by atoms with Crippen molar-refractivity contribution in [2.45, 2.75) is 73.6 Å². The molecule has 61 heavy (non-hydrogen) atoms. The van der Waals surface area contributed by atoms with Crippen LogP contribution in [0.1, 0.15) is 82.7 Å². The maximum absolute atomic E-state index is 6.22. The van der Waals surface area contributed by atoms with Gasteiger partial charge in [-0.05, 0) is 93.5 Å². The maximum Gasteiger partial charge on any atom is 2.00 e. The van der Waals surface area contributed by atoms with Gasteiger partial charge in [0.2, 0.25) is 0 Å². The number of pyridine rings is 2. The average Bonchev–Trinajstić information content (AvgIpc) is 3.23. The minimum absolute atomic E-state index is 0. The molecule has 1 radical (unpaired) electrons. The molecule has 0 aliphatic carbocycles.